The second-order valence-electron chi connectivity index (χ2n) is 6.86. The molecule has 2 aromatic carbocycles. The van der Waals surface area contributed by atoms with Gasteiger partial charge in [0.1, 0.15) is 11.6 Å². The average molecular weight is 349 g/mol. The molecule has 1 heterocycles. The summed E-state index contributed by atoms with van der Waals surface area (Å²) in [6.07, 6.45) is 3.02. The highest BCUT2D eigenvalue weighted by atomic mass is 16.5. The van der Waals surface area contributed by atoms with Gasteiger partial charge in [-0.15, -0.1) is 0 Å². The summed E-state index contributed by atoms with van der Waals surface area (Å²) < 4.78 is 5.64. The van der Waals surface area contributed by atoms with E-state index in [1.54, 1.807) is 7.11 Å². The molecule has 0 unspecified atom stereocenters. The van der Waals surface area contributed by atoms with E-state index in [2.05, 4.69) is 61.6 Å². The third kappa shape index (κ3) is 3.97. The lowest BCUT2D eigenvalue weighted by Gasteiger charge is -2.16. The lowest BCUT2D eigenvalue weighted by atomic mass is 9.98. The number of aryl methyl sites for hydroxylation is 1. The largest absolute Gasteiger partial charge is 0.496 e. The van der Waals surface area contributed by atoms with Gasteiger partial charge in [0.15, 0.2) is 0 Å². The summed E-state index contributed by atoms with van der Waals surface area (Å²) >= 11 is 0. The number of methoxy groups -OCH3 is 1. The van der Waals surface area contributed by atoms with Crippen LogP contribution < -0.4 is 10.1 Å². The van der Waals surface area contributed by atoms with Crippen molar-refractivity contribution < 1.29 is 4.74 Å². The Morgan fingerprint density at radius 2 is 1.92 bits per heavy atom. The highest BCUT2D eigenvalue weighted by Gasteiger charge is 2.13. The van der Waals surface area contributed by atoms with Crippen LogP contribution in [0.2, 0.25) is 0 Å². The van der Waals surface area contributed by atoms with E-state index in [1.807, 2.05) is 18.3 Å². The molecule has 4 nitrogen and oxygen atoms in total. The Morgan fingerprint density at radius 1 is 1.12 bits per heavy atom. The smallest absolute Gasteiger partial charge is 0.137 e. The monoisotopic (exact) mass is 349 g/mol. The van der Waals surface area contributed by atoms with Crippen LogP contribution in [0.15, 0.2) is 48.7 Å². The Bertz CT molecular complexity index is 890. The van der Waals surface area contributed by atoms with Crippen molar-refractivity contribution in [3.63, 3.8) is 0 Å². The zero-order valence-corrected chi connectivity index (χ0v) is 16.0. The van der Waals surface area contributed by atoms with Crippen LogP contribution in [-0.2, 0) is 0 Å². The first-order chi connectivity index (χ1) is 12.6. The Morgan fingerprint density at radius 3 is 2.65 bits per heavy atom. The minimum atomic E-state index is 0.847. The third-order valence-corrected chi connectivity index (χ3v) is 4.50. The molecule has 0 bridgehead atoms. The predicted molar refractivity (Wildman–Crippen MR) is 110 cm³/mol. The molecule has 4 heteroatoms. The topological polar surface area (TPSA) is 37.4 Å². The SMILES string of the molecule is COc1cccc2c(-c3cccc(C)c3)cnc(NCCCN(C)C)c12. The number of aromatic nitrogens is 1. The molecule has 0 fully saturated rings. The molecule has 0 radical (unpaired) electrons. The van der Waals surface area contributed by atoms with Crippen molar-refractivity contribution in [1.29, 1.82) is 0 Å². The van der Waals surface area contributed by atoms with Gasteiger partial charge in [-0.1, -0.05) is 42.0 Å². The molecule has 0 aliphatic rings. The van der Waals surface area contributed by atoms with Gasteiger partial charge in [0.2, 0.25) is 0 Å². The van der Waals surface area contributed by atoms with Crippen LogP contribution in [0.25, 0.3) is 21.9 Å². The molecule has 0 saturated carbocycles. The molecule has 0 saturated heterocycles. The fourth-order valence-electron chi connectivity index (χ4n) is 3.21. The van der Waals surface area contributed by atoms with Crippen molar-refractivity contribution in [2.24, 2.45) is 0 Å². The van der Waals surface area contributed by atoms with Crippen LogP contribution >= 0.6 is 0 Å². The summed E-state index contributed by atoms with van der Waals surface area (Å²) in [6.45, 7) is 4.03. The zero-order valence-electron chi connectivity index (χ0n) is 16.0. The Kier molecular flexibility index (Phi) is 5.74. The lowest BCUT2D eigenvalue weighted by molar-refractivity contribution is 0.405. The molecule has 0 spiro atoms. The van der Waals surface area contributed by atoms with Crippen molar-refractivity contribution in [1.82, 2.24) is 9.88 Å². The third-order valence-electron chi connectivity index (χ3n) is 4.50. The number of anilines is 1. The summed E-state index contributed by atoms with van der Waals surface area (Å²) in [6, 6.07) is 14.7. The first-order valence-corrected chi connectivity index (χ1v) is 9.01. The van der Waals surface area contributed by atoms with E-state index in [0.29, 0.717) is 0 Å². The fourth-order valence-corrected chi connectivity index (χ4v) is 3.21. The summed E-state index contributed by atoms with van der Waals surface area (Å²) in [5, 5.41) is 5.68. The van der Waals surface area contributed by atoms with Gasteiger partial charge in [0.05, 0.1) is 12.5 Å². The second kappa shape index (κ2) is 8.19. The van der Waals surface area contributed by atoms with E-state index >= 15 is 0 Å². The number of nitrogens with zero attached hydrogens (tertiary/aromatic N) is 2. The summed E-state index contributed by atoms with van der Waals surface area (Å²) in [5.41, 5.74) is 3.54. The average Bonchev–Trinajstić information content (AvgIpc) is 2.64. The highest BCUT2D eigenvalue weighted by Crippen LogP contribution is 2.37. The van der Waals surface area contributed by atoms with Crippen LogP contribution in [0, 0.1) is 6.92 Å². The molecule has 0 amide bonds. The van der Waals surface area contributed by atoms with Gasteiger partial charge in [-0.05, 0) is 51.0 Å². The Balaban J connectivity index is 2.03. The van der Waals surface area contributed by atoms with Crippen molar-refractivity contribution in [2.75, 3.05) is 39.6 Å². The van der Waals surface area contributed by atoms with E-state index in [-0.39, 0.29) is 0 Å². The van der Waals surface area contributed by atoms with Crippen molar-refractivity contribution >= 4 is 16.6 Å². The quantitative estimate of drug-likeness (QED) is 0.634. The van der Waals surface area contributed by atoms with E-state index in [0.717, 1.165) is 47.4 Å². The van der Waals surface area contributed by atoms with Gasteiger partial charge >= 0.3 is 0 Å². The maximum atomic E-state index is 5.64. The Hall–Kier alpha value is -2.59. The molecule has 3 aromatic rings. The number of pyridine rings is 1. The van der Waals surface area contributed by atoms with E-state index in [1.165, 1.54) is 11.1 Å². The van der Waals surface area contributed by atoms with Crippen molar-refractivity contribution in [2.45, 2.75) is 13.3 Å². The summed E-state index contributed by atoms with van der Waals surface area (Å²) in [4.78, 5) is 6.92. The molecule has 1 aromatic heterocycles. The number of hydrogen-bond acceptors (Lipinski definition) is 4. The molecule has 0 aliphatic heterocycles. The normalized spacial score (nSPS) is 11.1. The van der Waals surface area contributed by atoms with Crippen LogP contribution in [0.3, 0.4) is 0 Å². The van der Waals surface area contributed by atoms with Gasteiger partial charge in [-0.25, -0.2) is 4.98 Å². The molecule has 0 aliphatic carbocycles. The molecular formula is C22H27N3O. The summed E-state index contributed by atoms with van der Waals surface area (Å²) in [5.74, 6) is 1.73. The lowest BCUT2D eigenvalue weighted by Crippen LogP contribution is -2.16. The van der Waals surface area contributed by atoms with E-state index in [4.69, 9.17) is 9.72 Å². The molecule has 136 valence electrons. The second-order valence-corrected chi connectivity index (χ2v) is 6.86. The maximum absolute atomic E-state index is 5.64. The number of ether oxygens (including phenoxy) is 1. The number of fused-ring (bicyclic) bond motifs is 1. The summed E-state index contributed by atoms with van der Waals surface area (Å²) in [7, 11) is 5.89. The first-order valence-electron chi connectivity index (χ1n) is 9.01. The van der Waals surface area contributed by atoms with Crippen LogP contribution in [0.1, 0.15) is 12.0 Å². The minimum Gasteiger partial charge on any atom is -0.496 e. The van der Waals surface area contributed by atoms with E-state index in [9.17, 15) is 0 Å². The predicted octanol–water partition coefficient (Wildman–Crippen LogP) is 4.58. The first kappa shape index (κ1) is 18.2. The van der Waals surface area contributed by atoms with Crippen LogP contribution in [0.5, 0.6) is 5.75 Å². The van der Waals surface area contributed by atoms with Gasteiger partial charge < -0.3 is 15.0 Å². The molecule has 26 heavy (non-hydrogen) atoms. The van der Waals surface area contributed by atoms with Gasteiger partial charge in [0.25, 0.3) is 0 Å². The highest BCUT2D eigenvalue weighted by molar-refractivity contribution is 6.05. The number of nitrogens with one attached hydrogen (secondary N) is 1. The number of rotatable bonds is 7. The molecule has 1 N–H and O–H groups in total. The van der Waals surface area contributed by atoms with Crippen LogP contribution in [-0.4, -0.2) is 44.2 Å². The maximum Gasteiger partial charge on any atom is 0.137 e. The Labute approximate surface area is 155 Å². The number of benzene rings is 2. The van der Waals surface area contributed by atoms with Crippen LogP contribution in [0.4, 0.5) is 5.82 Å². The molecule has 3 rings (SSSR count). The van der Waals surface area contributed by atoms with Crippen molar-refractivity contribution in [3.05, 3.63) is 54.2 Å². The van der Waals surface area contributed by atoms with Gasteiger partial charge in [-0.3, -0.25) is 0 Å². The molecule has 0 atom stereocenters. The zero-order chi connectivity index (χ0) is 18.5. The van der Waals surface area contributed by atoms with Gasteiger partial charge in [0, 0.05) is 18.3 Å². The van der Waals surface area contributed by atoms with E-state index < -0.39 is 0 Å². The fraction of sp³-hybridized carbons (Fsp3) is 0.318. The standard InChI is InChI=1S/C22H27N3O/c1-16-8-5-9-17(14-16)19-15-24-22(23-12-7-13-25(2)3)21-18(19)10-6-11-20(21)26-4/h5-6,8-11,14-15H,7,12-13H2,1-4H3,(H,23,24). The minimum absolute atomic E-state index is 0.847. The molecular weight excluding hydrogens is 322 g/mol. The van der Waals surface area contributed by atoms with Crippen molar-refractivity contribution in [3.8, 4) is 16.9 Å². The van der Waals surface area contributed by atoms with Gasteiger partial charge in [-0.2, -0.15) is 0 Å². The number of hydrogen-bond donors (Lipinski definition) is 1.